The number of benzene rings is 2. The van der Waals surface area contributed by atoms with Crippen LogP contribution < -0.4 is 10.6 Å². The molecule has 0 heterocycles. The molecule has 2 amide bonds. The van der Waals surface area contributed by atoms with E-state index in [4.69, 9.17) is 0 Å². The van der Waals surface area contributed by atoms with Gasteiger partial charge in [0.15, 0.2) is 5.78 Å². The first-order valence-corrected chi connectivity index (χ1v) is 9.79. The zero-order chi connectivity index (χ0) is 21.2. The second-order valence-corrected chi connectivity index (χ2v) is 7.15. The largest absolute Gasteiger partial charge is 0.345 e. The number of nitrogens with zero attached hydrogens (tertiary/aromatic N) is 1. The molecule has 0 saturated heterocycles. The van der Waals surface area contributed by atoms with Crippen molar-refractivity contribution in [2.45, 2.75) is 32.7 Å². The van der Waals surface area contributed by atoms with E-state index in [1.165, 1.54) is 6.92 Å². The van der Waals surface area contributed by atoms with Crippen LogP contribution >= 0.6 is 0 Å². The van der Waals surface area contributed by atoms with Gasteiger partial charge in [-0.2, -0.15) is 0 Å². The van der Waals surface area contributed by atoms with Crippen LogP contribution in [-0.2, 0) is 27.2 Å². The molecule has 0 unspecified atom stereocenters. The van der Waals surface area contributed by atoms with Crippen LogP contribution in [0, 0.1) is 0 Å². The molecule has 0 aliphatic carbocycles. The minimum absolute atomic E-state index is 0.0292. The Hall–Kier alpha value is -2.99. The second-order valence-electron chi connectivity index (χ2n) is 7.15. The normalized spacial score (nSPS) is 11.7. The van der Waals surface area contributed by atoms with Gasteiger partial charge < -0.3 is 10.6 Å². The van der Waals surface area contributed by atoms with Gasteiger partial charge in [0.2, 0.25) is 11.8 Å². The van der Waals surface area contributed by atoms with E-state index in [0.29, 0.717) is 6.42 Å². The number of para-hydroxylation sites is 1. The summed E-state index contributed by atoms with van der Waals surface area (Å²) in [6.45, 7) is 3.61. The molecular weight excluding hydrogens is 366 g/mol. The van der Waals surface area contributed by atoms with E-state index >= 15 is 0 Å². The molecule has 0 radical (unpaired) electrons. The summed E-state index contributed by atoms with van der Waals surface area (Å²) in [4.78, 5) is 38.2. The topological polar surface area (TPSA) is 78.5 Å². The predicted molar refractivity (Wildman–Crippen MR) is 115 cm³/mol. The Kier molecular flexibility index (Phi) is 8.55. The summed E-state index contributed by atoms with van der Waals surface area (Å²) in [6, 6.07) is 16.6. The van der Waals surface area contributed by atoms with Crippen molar-refractivity contribution in [1.29, 1.82) is 0 Å². The molecule has 0 saturated carbocycles. The lowest BCUT2D eigenvalue weighted by Gasteiger charge is -2.20. The molecule has 6 heteroatoms. The van der Waals surface area contributed by atoms with Gasteiger partial charge in [-0.1, -0.05) is 55.5 Å². The summed E-state index contributed by atoms with van der Waals surface area (Å²) in [5.74, 6) is -0.572. The summed E-state index contributed by atoms with van der Waals surface area (Å²) < 4.78 is 0. The number of nitrogens with one attached hydrogen (secondary N) is 2. The van der Waals surface area contributed by atoms with E-state index in [-0.39, 0.29) is 30.7 Å². The molecule has 6 nitrogen and oxygen atoms in total. The van der Waals surface area contributed by atoms with E-state index in [0.717, 1.165) is 23.2 Å². The fraction of sp³-hybridized carbons (Fsp3) is 0.348. The Balaban J connectivity index is 1.85. The lowest BCUT2D eigenvalue weighted by Crippen LogP contribution is -2.46. The van der Waals surface area contributed by atoms with Crippen LogP contribution in [0.3, 0.4) is 0 Å². The van der Waals surface area contributed by atoms with Crippen molar-refractivity contribution < 1.29 is 14.4 Å². The van der Waals surface area contributed by atoms with Crippen LogP contribution in [0.2, 0.25) is 0 Å². The molecule has 2 aromatic rings. The van der Waals surface area contributed by atoms with Crippen LogP contribution in [0.25, 0.3) is 0 Å². The molecule has 0 aliphatic heterocycles. The fourth-order valence-electron chi connectivity index (χ4n) is 3.07. The van der Waals surface area contributed by atoms with Gasteiger partial charge in [0.1, 0.15) is 0 Å². The van der Waals surface area contributed by atoms with Crippen molar-refractivity contribution >= 4 is 23.3 Å². The number of ketones is 1. The highest BCUT2D eigenvalue weighted by Crippen LogP contribution is 2.15. The number of likely N-dealkylation sites (N-methyl/N-ethyl adjacent to an activating group) is 1. The maximum atomic E-state index is 12.4. The molecule has 2 N–H and O–H groups in total. The number of rotatable bonds is 10. The van der Waals surface area contributed by atoms with E-state index < -0.39 is 6.04 Å². The standard InChI is InChI=1S/C23H29N3O3/c1-4-19-12-8-9-13-20(19)24-22(28)15-26(3)16-23(29)25-21(17(2)27)14-18-10-6-5-7-11-18/h5-13,21H,4,14-16H2,1-3H3,(H,24,28)(H,25,29)/t21-/m1/s1. The number of hydrogen-bond acceptors (Lipinski definition) is 4. The highest BCUT2D eigenvalue weighted by molar-refractivity contribution is 5.93. The smallest absolute Gasteiger partial charge is 0.238 e. The minimum Gasteiger partial charge on any atom is -0.345 e. The van der Waals surface area contributed by atoms with Crippen molar-refractivity contribution in [3.05, 3.63) is 65.7 Å². The Labute approximate surface area is 172 Å². The molecule has 2 aromatic carbocycles. The van der Waals surface area contributed by atoms with E-state index in [9.17, 15) is 14.4 Å². The van der Waals surface area contributed by atoms with E-state index in [1.807, 2.05) is 61.5 Å². The van der Waals surface area contributed by atoms with E-state index in [2.05, 4.69) is 10.6 Å². The summed E-state index contributed by atoms with van der Waals surface area (Å²) in [5.41, 5.74) is 2.83. The maximum Gasteiger partial charge on any atom is 0.238 e. The Morgan fingerprint density at radius 3 is 2.21 bits per heavy atom. The van der Waals surface area contributed by atoms with Crippen molar-refractivity contribution in [2.24, 2.45) is 0 Å². The number of hydrogen-bond donors (Lipinski definition) is 2. The highest BCUT2D eigenvalue weighted by Gasteiger charge is 2.19. The lowest BCUT2D eigenvalue weighted by atomic mass is 10.0. The first-order chi connectivity index (χ1) is 13.9. The Bertz CT molecular complexity index is 836. The van der Waals surface area contributed by atoms with Gasteiger partial charge in [0.05, 0.1) is 19.1 Å². The summed E-state index contributed by atoms with van der Waals surface area (Å²) in [7, 11) is 1.70. The van der Waals surface area contributed by atoms with Crippen LogP contribution in [0.15, 0.2) is 54.6 Å². The first-order valence-electron chi connectivity index (χ1n) is 9.79. The Morgan fingerprint density at radius 2 is 1.55 bits per heavy atom. The zero-order valence-electron chi connectivity index (χ0n) is 17.3. The van der Waals surface area contributed by atoms with Gasteiger partial charge in [-0.25, -0.2) is 0 Å². The third-order valence-electron chi connectivity index (χ3n) is 4.61. The zero-order valence-corrected chi connectivity index (χ0v) is 17.3. The number of carbonyl (C=O) groups is 3. The van der Waals surface area contributed by atoms with Gasteiger partial charge in [0, 0.05) is 5.69 Å². The molecule has 29 heavy (non-hydrogen) atoms. The molecular formula is C23H29N3O3. The second kappa shape index (κ2) is 11.1. The average molecular weight is 396 g/mol. The van der Waals surface area contributed by atoms with Crippen LogP contribution in [0.1, 0.15) is 25.0 Å². The van der Waals surface area contributed by atoms with Crippen LogP contribution in [0.4, 0.5) is 5.69 Å². The van der Waals surface area contributed by atoms with Gasteiger partial charge in [-0.15, -0.1) is 0 Å². The fourth-order valence-corrected chi connectivity index (χ4v) is 3.07. The highest BCUT2D eigenvalue weighted by atomic mass is 16.2. The molecule has 0 fully saturated rings. The van der Waals surface area contributed by atoms with Crippen LogP contribution in [0.5, 0.6) is 0 Å². The molecule has 0 bridgehead atoms. The molecule has 2 rings (SSSR count). The van der Waals surface area contributed by atoms with Crippen LogP contribution in [-0.4, -0.2) is 48.7 Å². The molecule has 0 aliphatic rings. The third kappa shape index (κ3) is 7.50. The van der Waals surface area contributed by atoms with Crippen molar-refractivity contribution in [3.63, 3.8) is 0 Å². The van der Waals surface area contributed by atoms with Gasteiger partial charge in [-0.3, -0.25) is 19.3 Å². The van der Waals surface area contributed by atoms with Gasteiger partial charge in [-0.05, 0) is 44.0 Å². The predicted octanol–water partition coefficient (Wildman–Crippen LogP) is 2.44. The first kappa shape index (κ1) is 22.3. The molecule has 0 spiro atoms. The average Bonchev–Trinajstić information content (AvgIpc) is 2.68. The van der Waals surface area contributed by atoms with Crippen molar-refractivity contribution in [3.8, 4) is 0 Å². The summed E-state index contributed by atoms with van der Waals surface area (Å²) in [5, 5.41) is 5.67. The minimum atomic E-state index is -0.580. The van der Waals surface area contributed by atoms with Crippen molar-refractivity contribution in [2.75, 3.05) is 25.5 Å². The summed E-state index contributed by atoms with van der Waals surface area (Å²) >= 11 is 0. The number of Topliss-reactive ketones (excluding diaryl/α,β-unsaturated/α-hetero) is 1. The number of amides is 2. The van der Waals surface area contributed by atoms with Crippen molar-refractivity contribution in [1.82, 2.24) is 10.2 Å². The van der Waals surface area contributed by atoms with E-state index in [1.54, 1.807) is 11.9 Å². The Morgan fingerprint density at radius 1 is 0.931 bits per heavy atom. The molecule has 1 atom stereocenters. The lowest BCUT2D eigenvalue weighted by molar-refractivity contribution is -0.128. The molecule has 0 aromatic heterocycles. The van der Waals surface area contributed by atoms with Gasteiger partial charge in [0.25, 0.3) is 0 Å². The SMILES string of the molecule is CCc1ccccc1NC(=O)CN(C)CC(=O)N[C@H](Cc1ccccc1)C(C)=O. The monoisotopic (exact) mass is 395 g/mol. The number of aryl methyl sites for hydroxylation is 1. The summed E-state index contributed by atoms with van der Waals surface area (Å²) in [6.07, 6.45) is 1.27. The maximum absolute atomic E-state index is 12.4. The molecule has 154 valence electrons. The quantitative estimate of drug-likeness (QED) is 0.648. The number of carbonyl (C=O) groups excluding carboxylic acids is 3. The third-order valence-corrected chi connectivity index (χ3v) is 4.61. The van der Waals surface area contributed by atoms with Gasteiger partial charge >= 0.3 is 0 Å². The number of anilines is 1.